The number of thiazole rings is 1. The predicted octanol–water partition coefficient (Wildman–Crippen LogP) is 3.64. The Hall–Kier alpha value is -3.13. The van der Waals surface area contributed by atoms with E-state index in [1.165, 1.54) is 11.0 Å². The van der Waals surface area contributed by atoms with Gasteiger partial charge in [-0.05, 0) is 66.1 Å². The fourth-order valence-corrected chi connectivity index (χ4v) is 4.78. The number of carbonyl (C=O) groups excluding carboxylic acids is 1. The van der Waals surface area contributed by atoms with Crippen LogP contribution in [0.2, 0.25) is 0 Å². The van der Waals surface area contributed by atoms with Gasteiger partial charge in [-0.25, -0.2) is 9.67 Å². The van der Waals surface area contributed by atoms with E-state index in [2.05, 4.69) is 21.6 Å². The van der Waals surface area contributed by atoms with Gasteiger partial charge in [0.15, 0.2) is 0 Å². The van der Waals surface area contributed by atoms with Gasteiger partial charge in [-0.1, -0.05) is 12.1 Å². The second-order valence-corrected chi connectivity index (χ2v) is 7.89. The van der Waals surface area contributed by atoms with Crippen LogP contribution >= 0.6 is 11.3 Å². The largest absolute Gasteiger partial charge is 0.329 e. The Bertz CT molecular complexity index is 1070. The molecule has 0 unspecified atom stereocenters. The standard InChI is InChI=1S/C20H18N6OS/c27-20(14-8-10-15(11-9-14)26-13-21-23-24-26)25-12-4-3-6-17(25)19-22-16-5-1-2-7-18(16)28-19/h1-2,5,7-11,13,17H,3-4,6,12H2/t17-/m0/s1. The second-order valence-electron chi connectivity index (χ2n) is 6.83. The van der Waals surface area contributed by atoms with Crippen LogP contribution in [0.3, 0.4) is 0 Å². The zero-order valence-electron chi connectivity index (χ0n) is 15.1. The lowest BCUT2D eigenvalue weighted by atomic mass is 10.0. The second kappa shape index (κ2) is 7.12. The van der Waals surface area contributed by atoms with E-state index in [1.54, 1.807) is 16.0 Å². The number of carbonyl (C=O) groups is 1. The molecule has 0 radical (unpaired) electrons. The van der Waals surface area contributed by atoms with Gasteiger partial charge in [0, 0.05) is 12.1 Å². The fourth-order valence-electron chi connectivity index (χ4n) is 3.67. The number of amides is 1. The van der Waals surface area contributed by atoms with Crippen molar-refractivity contribution in [2.45, 2.75) is 25.3 Å². The molecule has 2 aromatic carbocycles. The summed E-state index contributed by atoms with van der Waals surface area (Å²) >= 11 is 1.69. The highest BCUT2D eigenvalue weighted by atomic mass is 32.1. The maximum absolute atomic E-state index is 13.3. The molecule has 0 spiro atoms. The monoisotopic (exact) mass is 390 g/mol. The van der Waals surface area contributed by atoms with Crippen LogP contribution < -0.4 is 0 Å². The maximum atomic E-state index is 13.3. The molecule has 2 aromatic heterocycles. The molecule has 1 atom stereocenters. The summed E-state index contributed by atoms with van der Waals surface area (Å²) < 4.78 is 2.74. The summed E-state index contributed by atoms with van der Waals surface area (Å²) in [4.78, 5) is 20.0. The van der Waals surface area contributed by atoms with E-state index in [4.69, 9.17) is 4.98 Å². The van der Waals surface area contributed by atoms with Crippen molar-refractivity contribution in [3.8, 4) is 5.69 Å². The Labute approximate surface area is 165 Å². The Morgan fingerprint density at radius 2 is 1.93 bits per heavy atom. The third-order valence-corrected chi connectivity index (χ3v) is 6.22. The van der Waals surface area contributed by atoms with Crippen LogP contribution in [0, 0.1) is 0 Å². The molecular weight excluding hydrogens is 372 g/mol. The van der Waals surface area contributed by atoms with Gasteiger partial charge in [0.1, 0.15) is 11.3 Å². The predicted molar refractivity (Wildman–Crippen MR) is 106 cm³/mol. The van der Waals surface area contributed by atoms with Crippen molar-refractivity contribution in [3.63, 3.8) is 0 Å². The number of piperidine rings is 1. The molecule has 140 valence electrons. The summed E-state index contributed by atoms with van der Waals surface area (Å²) in [5.41, 5.74) is 2.50. The number of nitrogens with zero attached hydrogens (tertiary/aromatic N) is 6. The van der Waals surface area contributed by atoms with Gasteiger partial charge in [-0.2, -0.15) is 0 Å². The highest BCUT2D eigenvalue weighted by Gasteiger charge is 2.31. The first-order chi connectivity index (χ1) is 13.8. The lowest BCUT2D eigenvalue weighted by molar-refractivity contribution is 0.0611. The van der Waals surface area contributed by atoms with E-state index in [9.17, 15) is 4.79 Å². The number of likely N-dealkylation sites (tertiary alicyclic amines) is 1. The van der Waals surface area contributed by atoms with E-state index < -0.39 is 0 Å². The van der Waals surface area contributed by atoms with Crippen LogP contribution in [0.25, 0.3) is 15.9 Å². The van der Waals surface area contributed by atoms with E-state index >= 15 is 0 Å². The summed E-state index contributed by atoms with van der Waals surface area (Å²) in [5, 5.41) is 12.2. The van der Waals surface area contributed by atoms with Crippen molar-refractivity contribution in [2.24, 2.45) is 0 Å². The molecule has 1 aliphatic rings. The van der Waals surface area contributed by atoms with Crippen molar-refractivity contribution in [1.29, 1.82) is 0 Å². The van der Waals surface area contributed by atoms with Gasteiger partial charge in [0.05, 0.1) is 21.9 Å². The number of para-hydroxylation sites is 1. The quantitative estimate of drug-likeness (QED) is 0.534. The molecule has 1 amide bonds. The van der Waals surface area contributed by atoms with E-state index in [0.29, 0.717) is 5.56 Å². The van der Waals surface area contributed by atoms with Gasteiger partial charge in [0.25, 0.3) is 5.91 Å². The molecule has 0 N–H and O–H groups in total. The molecule has 1 saturated heterocycles. The first-order valence-electron chi connectivity index (χ1n) is 9.29. The average molecular weight is 390 g/mol. The molecule has 28 heavy (non-hydrogen) atoms. The van der Waals surface area contributed by atoms with Gasteiger partial charge < -0.3 is 4.90 Å². The van der Waals surface area contributed by atoms with Crippen molar-refractivity contribution < 1.29 is 4.79 Å². The van der Waals surface area contributed by atoms with E-state index in [0.717, 1.165) is 42.0 Å². The van der Waals surface area contributed by atoms with Gasteiger partial charge in [-0.15, -0.1) is 16.4 Å². The first-order valence-corrected chi connectivity index (χ1v) is 10.1. The molecule has 8 heteroatoms. The third-order valence-electron chi connectivity index (χ3n) is 5.09. The molecule has 7 nitrogen and oxygen atoms in total. The lowest BCUT2D eigenvalue weighted by Crippen LogP contribution is -2.38. The number of tetrazole rings is 1. The smallest absolute Gasteiger partial charge is 0.254 e. The molecule has 1 aliphatic heterocycles. The number of fused-ring (bicyclic) bond motifs is 1. The summed E-state index contributed by atoms with van der Waals surface area (Å²) in [6.45, 7) is 0.758. The number of rotatable bonds is 3. The summed E-state index contributed by atoms with van der Waals surface area (Å²) in [5.74, 6) is 0.0484. The van der Waals surface area contributed by atoms with Crippen molar-refractivity contribution in [2.75, 3.05) is 6.54 Å². The molecule has 3 heterocycles. The normalized spacial score (nSPS) is 17.1. The van der Waals surface area contributed by atoms with Crippen molar-refractivity contribution >= 4 is 27.5 Å². The number of hydrogen-bond donors (Lipinski definition) is 0. The minimum Gasteiger partial charge on any atom is -0.329 e. The maximum Gasteiger partial charge on any atom is 0.254 e. The minimum absolute atomic E-state index is 0.0397. The molecule has 1 fully saturated rings. The molecule has 5 rings (SSSR count). The van der Waals surface area contributed by atoms with Gasteiger partial charge in [0.2, 0.25) is 0 Å². The minimum atomic E-state index is 0.0397. The number of benzene rings is 2. The Balaban J connectivity index is 1.43. The summed E-state index contributed by atoms with van der Waals surface area (Å²) in [6, 6.07) is 15.6. The Kier molecular flexibility index (Phi) is 4.32. The molecular formula is C20H18N6OS. The van der Waals surface area contributed by atoms with Gasteiger partial charge in [-0.3, -0.25) is 4.79 Å². The molecule has 4 aromatic rings. The Morgan fingerprint density at radius 3 is 2.71 bits per heavy atom. The zero-order chi connectivity index (χ0) is 18.9. The summed E-state index contributed by atoms with van der Waals surface area (Å²) in [7, 11) is 0. The van der Waals surface area contributed by atoms with Crippen LogP contribution in [0.4, 0.5) is 0 Å². The van der Waals surface area contributed by atoms with E-state index in [1.807, 2.05) is 47.4 Å². The van der Waals surface area contributed by atoms with Crippen LogP contribution in [-0.2, 0) is 0 Å². The third kappa shape index (κ3) is 3.05. The lowest BCUT2D eigenvalue weighted by Gasteiger charge is -2.34. The SMILES string of the molecule is O=C(c1ccc(-n2cnnn2)cc1)N1CCCC[C@H]1c1nc2ccccc2s1. The summed E-state index contributed by atoms with van der Waals surface area (Å²) in [6.07, 6.45) is 4.62. The van der Waals surface area contributed by atoms with E-state index in [-0.39, 0.29) is 11.9 Å². The molecule has 0 saturated carbocycles. The average Bonchev–Trinajstić information content (AvgIpc) is 3.43. The number of hydrogen-bond acceptors (Lipinski definition) is 6. The van der Waals surface area contributed by atoms with Crippen LogP contribution in [-0.4, -0.2) is 42.5 Å². The van der Waals surface area contributed by atoms with Crippen molar-refractivity contribution in [3.05, 3.63) is 65.4 Å². The van der Waals surface area contributed by atoms with Gasteiger partial charge >= 0.3 is 0 Å². The molecule has 0 aliphatic carbocycles. The first kappa shape index (κ1) is 17.0. The van der Waals surface area contributed by atoms with Crippen molar-refractivity contribution in [1.82, 2.24) is 30.1 Å². The van der Waals surface area contributed by atoms with Crippen LogP contribution in [0.15, 0.2) is 54.9 Å². The highest BCUT2D eigenvalue weighted by molar-refractivity contribution is 7.18. The topological polar surface area (TPSA) is 76.8 Å². The highest BCUT2D eigenvalue weighted by Crippen LogP contribution is 2.36. The van der Waals surface area contributed by atoms with Crippen LogP contribution in [0.1, 0.15) is 40.7 Å². The fraction of sp³-hybridized carbons (Fsp3) is 0.250. The Morgan fingerprint density at radius 1 is 1.07 bits per heavy atom. The number of aromatic nitrogens is 5. The zero-order valence-corrected chi connectivity index (χ0v) is 15.9. The van der Waals surface area contributed by atoms with Crippen LogP contribution in [0.5, 0.6) is 0 Å². The molecule has 0 bridgehead atoms.